The van der Waals surface area contributed by atoms with Crippen LogP contribution in [0.4, 0.5) is 5.69 Å². The molecule has 0 amide bonds. The van der Waals surface area contributed by atoms with E-state index in [1.165, 1.54) is 11.9 Å². The first kappa shape index (κ1) is 15.0. The SMILES string of the molecule is CN(C)C=C(C(=O)O)S(=O)(=O)N(C)c1ccccc1. The summed E-state index contributed by atoms with van der Waals surface area (Å²) in [6.45, 7) is 0. The molecule has 0 saturated heterocycles. The smallest absolute Gasteiger partial charge is 0.350 e. The molecule has 0 spiro atoms. The summed E-state index contributed by atoms with van der Waals surface area (Å²) in [7, 11) is 0.334. The molecule has 0 bridgehead atoms. The van der Waals surface area contributed by atoms with Crippen LogP contribution in [-0.4, -0.2) is 45.5 Å². The number of rotatable bonds is 5. The fraction of sp³-hybridized carbons (Fsp3) is 0.250. The van der Waals surface area contributed by atoms with E-state index in [1.807, 2.05) is 0 Å². The Morgan fingerprint density at radius 1 is 1.16 bits per heavy atom. The molecule has 0 atom stereocenters. The molecule has 19 heavy (non-hydrogen) atoms. The molecule has 0 aliphatic carbocycles. The van der Waals surface area contributed by atoms with Gasteiger partial charge in [0.25, 0.3) is 10.0 Å². The van der Waals surface area contributed by atoms with Crippen molar-refractivity contribution in [1.29, 1.82) is 0 Å². The van der Waals surface area contributed by atoms with Gasteiger partial charge in [0.2, 0.25) is 0 Å². The van der Waals surface area contributed by atoms with Gasteiger partial charge in [-0.25, -0.2) is 13.2 Å². The van der Waals surface area contributed by atoms with E-state index in [9.17, 15) is 13.2 Å². The monoisotopic (exact) mass is 284 g/mol. The first-order chi connectivity index (χ1) is 8.76. The molecule has 7 heteroatoms. The molecule has 6 nitrogen and oxygen atoms in total. The zero-order valence-corrected chi connectivity index (χ0v) is 11.8. The molecule has 1 rings (SSSR count). The first-order valence-electron chi connectivity index (χ1n) is 5.42. The van der Waals surface area contributed by atoms with Crippen LogP contribution in [0.5, 0.6) is 0 Å². The third kappa shape index (κ3) is 3.47. The fourth-order valence-corrected chi connectivity index (χ4v) is 2.65. The number of sulfonamides is 1. The van der Waals surface area contributed by atoms with Crippen LogP contribution >= 0.6 is 0 Å². The van der Waals surface area contributed by atoms with E-state index < -0.39 is 20.9 Å². The number of hydrogen-bond donors (Lipinski definition) is 1. The second-order valence-corrected chi connectivity index (χ2v) is 6.01. The number of carboxylic acid groups (broad SMARTS) is 1. The Kier molecular flexibility index (Phi) is 4.55. The van der Waals surface area contributed by atoms with Crippen molar-refractivity contribution in [3.63, 3.8) is 0 Å². The van der Waals surface area contributed by atoms with Gasteiger partial charge in [-0.2, -0.15) is 0 Å². The predicted molar refractivity (Wildman–Crippen MR) is 73.2 cm³/mol. The lowest BCUT2D eigenvalue weighted by atomic mass is 10.3. The lowest BCUT2D eigenvalue weighted by Crippen LogP contribution is -2.31. The highest BCUT2D eigenvalue weighted by molar-refractivity contribution is 7.97. The second-order valence-electron chi connectivity index (χ2n) is 4.07. The maximum Gasteiger partial charge on any atom is 0.350 e. The summed E-state index contributed by atoms with van der Waals surface area (Å²) in [5.41, 5.74) is 0.397. The van der Waals surface area contributed by atoms with Crippen molar-refractivity contribution in [3.8, 4) is 0 Å². The summed E-state index contributed by atoms with van der Waals surface area (Å²) in [6.07, 6.45) is 1.07. The molecule has 1 N–H and O–H groups in total. The fourth-order valence-electron chi connectivity index (χ4n) is 1.39. The Morgan fingerprint density at radius 2 is 1.68 bits per heavy atom. The van der Waals surface area contributed by atoms with Crippen molar-refractivity contribution < 1.29 is 18.3 Å². The molecular weight excluding hydrogens is 268 g/mol. The molecule has 0 aromatic heterocycles. The molecule has 0 heterocycles. The van der Waals surface area contributed by atoms with Crippen LogP contribution in [0.3, 0.4) is 0 Å². The van der Waals surface area contributed by atoms with Crippen molar-refractivity contribution in [2.45, 2.75) is 0 Å². The summed E-state index contributed by atoms with van der Waals surface area (Å²) in [6, 6.07) is 8.28. The van der Waals surface area contributed by atoms with E-state index in [2.05, 4.69) is 0 Å². The van der Waals surface area contributed by atoms with Gasteiger partial charge in [-0.05, 0) is 12.1 Å². The predicted octanol–water partition coefficient (Wildman–Crippen LogP) is 0.940. The van der Waals surface area contributed by atoms with Crippen molar-refractivity contribution in [1.82, 2.24) is 4.90 Å². The van der Waals surface area contributed by atoms with E-state index >= 15 is 0 Å². The third-order valence-corrected chi connectivity index (χ3v) is 4.11. The van der Waals surface area contributed by atoms with Gasteiger partial charge in [0.15, 0.2) is 4.91 Å². The zero-order chi connectivity index (χ0) is 14.6. The summed E-state index contributed by atoms with van der Waals surface area (Å²) in [5, 5.41) is 9.05. The Morgan fingerprint density at radius 3 is 2.11 bits per heavy atom. The zero-order valence-electron chi connectivity index (χ0n) is 10.9. The second kappa shape index (κ2) is 5.75. The van der Waals surface area contributed by atoms with E-state index in [1.54, 1.807) is 44.4 Å². The average molecular weight is 284 g/mol. The van der Waals surface area contributed by atoms with Crippen LogP contribution in [0.25, 0.3) is 0 Å². The molecule has 0 unspecified atom stereocenters. The quantitative estimate of drug-likeness (QED) is 0.814. The maximum absolute atomic E-state index is 12.3. The highest BCUT2D eigenvalue weighted by atomic mass is 32.2. The molecule has 0 fully saturated rings. The minimum Gasteiger partial charge on any atom is -0.477 e. The van der Waals surface area contributed by atoms with E-state index in [0.29, 0.717) is 5.69 Å². The van der Waals surface area contributed by atoms with Crippen molar-refractivity contribution in [3.05, 3.63) is 41.4 Å². The van der Waals surface area contributed by atoms with Gasteiger partial charge < -0.3 is 10.0 Å². The molecule has 1 aromatic rings. The Balaban J connectivity index is 3.26. The largest absolute Gasteiger partial charge is 0.477 e. The first-order valence-corrected chi connectivity index (χ1v) is 6.86. The van der Waals surface area contributed by atoms with Gasteiger partial charge in [0.1, 0.15) is 0 Å². The number of anilines is 1. The Bertz CT molecular complexity index is 579. The summed E-state index contributed by atoms with van der Waals surface area (Å²) >= 11 is 0. The number of nitrogens with zero attached hydrogens (tertiary/aromatic N) is 2. The summed E-state index contributed by atoms with van der Waals surface area (Å²) < 4.78 is 25.5. The van der Waals surface area contributed by atoms with Crippen molar-refractivity contribution in [2.75, 3.05) is 25.4 Å². The van der Waals surface area contributed by atoms with Crippen LogP contribution in [0, 0.1) is 0 Å². The van der Waals surface area contributed by atoms with Crippen LogP contribution in [-0.2, 0) is 14.8 Å². The minimum absolute atomic E-state index is 0.397. The molecule has 0 radical (unpaired) electrons. The number of para-hydroxylation sites is 1. The van der Waals surface area contributed by atoms with Crippen LogP contribution in [0.2, 0.25) is 0 Å². The van der Waals surface area contributed by atoms with Crippen molar-refractivity contribution >= 4 is 21.7 Å². The summed E-state index contributed by atoms with van der Waals surface area (Å²) in [4.78, 5) is 11.8. The summed E-state index contributed by atoms with van der Waals surface area (Å²) in [5.74, 6) is -1.49. The molecule has 0 saturated carbocycles. The van der Waals surface area contributed by atoms with Crippen LogP contribution in [0.1, 0.15) is 0 Å². The molecule has 0 aliphatic heterocycles. The molecule has 0 aliphatic rings. The maximum atomic E-state index is 12.3. The van der Waals surface area contributed by atoms with Gasteiger partial charge >= 0.3 is 5.97 Å². The molecular formula is C12H16N2O4S. The average Bonchev–Trinajstić information content (AvgIpc) is 2.35. The van der Waals surface area contributed by atoms with Crippen LogP contribution < -0.4 is 4.31 Å². The highest BCUT2D eigenvalue weighted by Gasteiger charge is 2.29. The van der Waals surface area contributed by atoms with Gasteiger partial charge in [0.05, 0.1) is 5.69 Å². The number of carbonyl (C=O) groups is 1. The standard InChI is InChI=1S/C12H16N2O4S/c1-13(2)9-11(12(15)16)19(17,18)14(3)10-7-5-4-6-8-10/h4-9H,1-3H3,(H,15,16). The lowest BCUT2D eigenvalue weighted by molar-refractivity contribution is -0.131. The normalized spacial score (nSPS) is 12.1. The minimum atomic E-state index is -4.10. The molecule has 1 aromatic carbocycles. The number of benzene rings is 1. The van der Waals surface area contributed by atoms with E-state index in [4.69, 9.17) is 5.11 Å². The number of aliphatic carboxylic acids is 1. The number of carboxylic acids is 1. The lowest BCUT2D eigenvalue weighted by Gasteiger charge is -2.20. The van der Waals surface area contributed by atoms with E-state index in [-0.39, 0.29) is 0 Å². The van der Waals surface area contributed by atoms with Gasteiger partial charge in [-0.15, -0.1) is 0 Å². The van der Waals surface area contributed by atoms with Gasteiger partial charge in [-0.1, -0.05) is 18.2 Å². The third-order valence-electron chi connectivity index (χ3n) is 2.34. The van der Waals surface area contributed by atoms with Gasteiger partial charge in [-0.3, -0.25) is 4.31 Å². The Hall–Kier alpha value is -2.02. The van der Waals surface area contributed by atoms with Crippen LogP contribution in [0.15, 0.2) is 41.4 Å². The number of hydrogen-bond acceptors (Lipinski definition) is 4. The van der Waals surface area contributed by atoms with Crippen molar-refractivity contribution in [2.24, 2.45) is 0 Å². The van der Waals surface area contributed by atoms with Gasteiger partial charge in [0, 0.05) is 27.3 Å². The Labute approximate surface area is 112 Å². The van der Waals surface area contributed by atoms with E-state index in [0.717, 1.165) is 10.5 Å². The highest BCUT2D eigenvalue weighted by Crippen LogP contribution is 2.20. The molecule has 104 valence electrons. The topological polar surface area (TPSA) is 77.9 Å².